The van der Waals surface area contributed by atoms with Crippen LogP contribution in [0.15, 0.2) is 24.3 Å². The Kier molecular flexibility index (Phi) is 2.90. The Balaban J connectivity index is 1.87. The molecule has 0 aromatic heterocycles. The Hall–Kier alpha value is -1.35. The Morgan fingerprint density at radius 3 is 2.42 bits per heavy atom. The van der Waals surface area contributed by atoms with E-state index in [0.29, 0.717) is 5.92 Å². The van der Waals surface area contributed by atoms with E-state index in [0.717, 1.165) is 19.4 Å². The zero-order valence-electron chi connectivity index (χ0n) is 11.9. The van der Waals surface area contributed by atoms with E-state index in [1.807, 2.05) is 4.90 Å². The van der Waals surface area contributed by atoms with Crippen molar-refractivity contribution in [1.29, 1.82) is 0 Å². The monoisotopic (exact) mass is 258 g/mol. The van der Waals surface area contributed by atoms with Crippen molar-refractivity contribution in [3.8, 4) is 0 Å². The molecule has 1 aliphatic heterocycles. The standard InChI is InChI=1S/C16H22N2O/c1-4-18-14(17-16(9-10-16)15(18)19)13-7-5-12(6-8-13)11(2)3/h5-8,11,14,17H,4,9-10H2,1-3H3. The lowest BCUT2D eigenvalue weighted by Gasteiger charge is -2.23. The minimum atomic E-state index is -0.225. The number of hydrogen-bond donors (Lipinski definition) is 1. The fourth-order valence-electron chi connectivity index (χ4n) is 2.93. The van der Waals surface area contributed by atoms with E-state index in [-0.39, 0.29) is 17.6 Å². The molecule has 2 aliphatic rings. The van der Waals surface area contributed by atoms with Crippen LogP contribution in [-0.4, -0.2) is 22.9 Å². The van der Waals surface area contributed by atoms with Crippen LogP contribution in [0.4, 0.5) is 0 Å². The van der Waals surface area contributed by atoms with Crippen LogP contribution in [0.1, 0.15) is 56.8 Å². The van der Waals surface area contributed by atoms with Gasteiger partial charge in [-0.1, -0.05) is 38.1 Å². The van der Waals surface area contributed by atoms with Gasteiger partial charge in [-0.15, -0.1) is 0 Å². The van der Waals surface area contributed by atoms with Gasteiger partial charge in [0.15, 0.2) is 0 Å². The lowest BCUT2D eigenvalue weighted by molar-refractivity contribution is -0.130. The molecule has 0 radical (unpaired) electrons. The normalized spacial score (nSPS) is 24.5. The molecule has 1 saturated carbocycles. The van der Waals surface area contributed by atoms with E-state index in [1.165, 1.54) is 11.1 Å². The molecule has 1 aliphatic carbocycles. The maximum absolute atomic E-state index is 12.3. The summed E-state index contributed by atoms with van der Waals surface area (Å²) in [5, 5.41) is 3.53. The number of amides is 1. The van der Waals surface area contributed by atoms with Crippen molar-refractivity contribution in [3.63, 3.8) is 0 Å². The summed E-state index contributed by atoms with van der Waals surface area (Å²) in [5.74, 6) is 0.831. The molecule has 1 heterocycles. The van der Waals surface area contributed by atoms with Gasteiger partial charge in [0.25, 0.3) is 0 Å². The fraction of sp³-hybridized carbons (Fsp3) is 0.562. The highest BCUT2D eigenvalue weighted by Gasteiger charge is 2.58. The molecule has 1 aromatic carbocycles. The third-order valence-electron chi connectivity index (χ3n) is 4.40. The van der Waals surface area contributed by atoms with E-state index in [4.69, 9.17) is 0 Å². The Labute approximate surface area is 115 Å². The Bertz CT molecular complexity index is 488. The lowest BCUT2D eigenvalue weighted by atomic mass is 10.0. The Morgan fingerprint density at radius 1 is 1.32 bits per heavy atom. The third kappa shape index (κ3) is 1.96. The first-order valence-corrected chi connectivity index (χ1v) is 7.26. The summed E-state index contributed by atoms with van der Waals surface area (Å²) < 4.78 is 0. The van der Waals surface area contributed by atoms with Crippen molar-refractivity contribution >= 4 is 5.91 Å². The molecule has 3 rings (SSSR count). The summed E-state index contributed by atoms with van der Waals surface area (Å²) in [6.45, 7) is 7.22. The van der Waals surface area contributed by atoms with E-state index in [2.05, 4.69) is 50.4 Å². The zero-order chi connectivity index (χ0) is 13.6. The zero-order valence-corrected chi connectivity index (χ0v) is 11.9. The number of benzene rings is 1. The second kappa shape index (κ2) is 4.34. The number of nitrogens with zero attached hydrogens (tertiary/aromatic N) is 1. The van der Waals surface area contributed by atoms with Crippen LogP contribution in [0.3, 0.4) is 0 Å². The molecule has 1 atom stereocenters. The number of nitrogens with one attached hydrogen (secondary N) is 1. The van der Waals surface area contributed by atoms with Crippen molar-refractivity contribution in [2.45, 2.75) is 51.2 Å². The molecule has 0 bridgehead atoms. The van der Waals surface area contributed by atoms with Crippen molar-refractivity contribution in [1.82, 2.24) is 10.2 Å². The van der Waals surface area contributed by atoms with Crippen LogP contribution in [0.2, 0.25) is 0 Å². The molecule has 3 nitrogen and oxygen atoms in total. The SMILES string of the molecule is CCN1C(=O)C2(CC2)NC1c1ccc(C(C)C)cc1. The molecule has 1 aromatic rings. The second-order valence-electron chi connectivity index (χ2n) is 6.04. The van der Waals surface area contributed by atoms with Gasteiger partial charge in [-0.2, -0.15) is 0 Å². The van der Waals surface area contributed by atoms with Gasteiger partial charge in [0, 0.05) is 6.54 Å². The van der Waals surface area contributed by atoms with Crippen LogP contribution in [0.25, 0.3) is 0 Å². The highest BCUT2D eigenvalue weighted by atomic mass is 16.2. The van der Waals surface area contributed by atoms with Gasteiger partial charge in [0.05, 0.1) is 0 Å². The maximum Gasteiger partial charge on any atom is 0.244 e. The van der Waals surface area contributed by atoms with Gasteiger partial charge in [-0.05, 0) is 36.8 Å². The predicted molar refractivity (Wildman–Crippen MR) is 75.8 cm³/mol. The van der Waals surface area contributed by atoms with Crippen molar-refractivity contribution < 1.29 is 4.79 Å². The van der Waals surface area contributed by atoms with Gasteiger partial charge >= 0.3 is 0 Å². The molecule has 1 N–H and O–H groups in total. The van der Waals surface area contributed by atoms with E-state index in [1.54, 1.807) is 0 Å². The van der Waals surface area contributed by atoms with Gasteiger partial charge < -0.3 is 4.90 Å². The summed E-state index contributed by atoms with van der Waals surface area (Å²) in [4.78, 5) is 14.3. The molecule has 1 unspecified atom stereocenters. The summed E-state index contributed by atoms with van der Waals surface area (Å²) in [7, 11) is 0. The molecule has 3 heteroatoms. The number of likely N-dealkylation sites (N-methyl/N-ethyl adjacent to an activating group) is 1. The number of carbonyl (C=O) groups excluding carboxylic acids is 1. The Morgan fingerprint density at radius 2 is 1.95 bits per heavy atom. The average molecular weight is 258 g/mol. The third-order valence-corrected chi connectivity index (χ3v) is 4.40. The van der Waals surface area contributed by atoms with Crippen LogP contribution < -0.4 is 5.32 Å². The van der Waals surface area contributed by atoms with Gasteiger partial charge in [-0.25, -0.2) is 0 Å². The summed E-state index contributed by atoms with van der Waals surface area (Å²) in [6.07, 6.45) is 2.03. The largest absolute Gasteiger partial charge is 0.322 e. The molecule has 1 spiro atoms. The van der Waals surface area contributed by atoms with Crippen LogP contribution >= 0.6 is 0 Å². The van der Waals surface area contributed by atoms with Crippen LogP contribution in [0, 0.1) is 0 Å². The number of carbonyl (C=O) groups is 1. The number of hydrogen-bond acceptors (Lipinski definition) is 2. The van der Waals surface area contributed by atoms with E-state index in [9.17, 15) is 4.79 Å². The molecule has 1 amide bonds. The summed E-state index contributed by atoms with van der Waals surface area (Å²) in [6, 6.07) is 8.67. The topological polar surface area (TPSA) is 32.3 Å². The molecular weight excluding hydrogens is 236 g/mol. The van der Waals surface area contributed by atoms with Crippen molar-refractivity contribution in [2.75, 3.05) is 6.54 Å². The minimum absolute atomic E-state index is 0.0567. The minimum Gasteiger partial charge on any atom is -0.322 e. The number of rotatable bonds is 3. The highest BCUT2D eigenvalue weighted by Crippen LogP contribution is 2.45. The lowest BCUT2D eigenvalue weighted by Crippen LogP contribution is -2.32. The van der Waals surface area contributed by atoms with Crippen LogP contribution in [-0.2, 0) is 4.79 Å². The van der Waals surface area contributed by atoms with E-state index < -0.39 is 0 Å². The fourth-order valence-corrected chi connectivity index (χ4v) is 2.93. The van der Waals surface area contributed by atoms with Crippen molar-refractivity contribution in [2.24, 2.45) is 0 Å². The summed E-state index contributed by atoms with van der Waals surface area (Å²) >= 11 is 0. The van der Waals surface area contributed by atoms with Gasteiger partial charge in [0.1, 0.15) is 11.7 Å². The smallest absolute Gasteiger partial charge is 0.244 e. The molecular formula is C16H22N2O. The van der Waals surface area contributed by atoms with Crippen molar-refractivity contribution in [3.05, 3.63) is 35.4 Å². The average Bonchev–Trinajstić information content (AvgIpc) is 3.13. The molecule has 1 saturated heterocycles. The van der Waals surface area contributed by atoms with Gasteiger partial charge in [-0.3, -0.25) is 10.1 Å². The molecule has 19 heavy (non-hydrogen) atoms. The summed E-state index contributed by atoms with van der Waals surface area (Å²) in [5.41, 5.74) is 2.32. The first-order valence-electron chi connectivity index (χ1n) is 7.26. The molecule has 102 valence electrons. The second-order valence-corrected chi connectivity index (χ2v) is 6.04. The quantitative estimate of drug-likeness (QED) is 0.904. The first kappa shape index (κ1) is 12.7. The predicted octanol–water partition coefficient (Wildman–Crippen LogP) is 2.79. The highest BCUT2D eigenvalue weighted by molar-refractivity contribution is 5.92. The molecule has 2 fully saturated rings. The van der Waals surface area contributed by atoms with Gasteiger partial charge in [0.2, 0.25) is 5.91 Å². The first-order chi connectivity index (χ1) is 9.07. The van der Waals surface area contributed by atoms with Crippen LogP contribution in [0.5, 0.6) is 0 Å². The van der Waals surface area contributed by atoms with E-state index >= 15 is 0 Å². The maximum atomic E-state index is 12.3.